The van der Waals surface area contributed by atoms with E-state index in [1.807, 2.05) is 26.0 Å². The summed E-state index contributed by atoms with van der Waals surface area (Å²) in [6, 6.07) is 7.96. The highest BCUT2D eigenvalue weighted by molar-refractivity contribution is 8.01. The molecule has 0 saturated heterocycles. The van der Waals surface area contributed by atoms with Gasteiger partial charge in [0.2, 0.25) is 16.9 Å². The minimum Gasteiger partial charge on any atom is -0.325 e. The van der Waals surface area contributed by atoms with Crippen molar-refractivity contribution in [3.8, 4) is 0 Å². The number of amides is 2. The highest BCUT2D eigenvalue weighted by atomic mass is 32.2. The lowest BCUT2D eigenvalue weighted by molar-refractivity contribution is -0.117. The van der Waals surface area contributed by atoms with Crippen LogP contribution < -0.4 is 10.6 Å². The fraction of sp³-hybridized carbons (Fsp3) is 0.474. The number of carbonyl (C=O) groups is 2. The summed E-state index contributed by atoms with van der Waals surface area (Å²) < 4.78 is 0.653. The van der Waals surface area contributed by atoms with Gasteiger partial charge in [-0.3, -0.25) is 9.59 Å². The van der Waals surface area contributed by atoms with E-state index in [1.54, 1.807) is 0 Å². The molecule has 146 valence electrons. The third-order valence-corrected chi connectivity index (χ3v) is 5.60. The maximum absolute atomic E-state index is 12.1. The molecule has 1 aromatic heterocycles. The summed E-state index contributed by atoms with van der Waals surface area (Å²) in [7, 11) is 0. The van der Waals surface area contributed by atoms with E-state index < -0.39 is 0 Å². The van der Waals surface area contributed by atoms with Gasteiger partial charge >= 0.3 is 0 Å². The Bertz CT molecular complexity index is 744. The number of unbranched alkanes of at least 4 members (excludes halogenated alkanes) is 1. The van der Waals surface area contributed by atoms with Crippen LogP contribution in [0.3, 0.4) is 0 Å². The van der Waals surface area contributed by atoms with E-state index in [2.05, 4.69) is 39.9 Å². The number of thioether (sulfide) groups is 1. The van der Waals surface area contributed by atoms with E-state index in [9.17, 15) is 9.59 Å². The number of hydrogen-bond donors (Lipinski definition) is 2. The average molecular weight is 407 g/mol. The minimum absolute atomic E-state index is 0.0715. The summed E-state index contributed by atoms with van der Waals surface area (Å²) in [5, 5.41) is 14.0. The summed E-state index contributed by atoms with van der Waals surface area (Å²) in [4.78, 5) is 23.8. The molecule has 0 aliphatic carbocycles. The first-order valence-corrected chi connectivity index (χ1v) is 10.9. The van der Waals surface area contributed by atoms with Crippen LogP contribution in [0.2, 0.25) is 0 Å². The van der Waals surface area contributed by atoms with Crippen molar-refractivity contribution in [3.63, 3.8) is 0 Å². The number of carbonyl (C=O) groups excluding carboxylic acids is 2. The Hall–Kier alpha value is -1.93. The Morgan fingerprint density at radius 2 is 1.85 bits per heavy atom. The van der Waals surface area contributed by atoms with Gasteiger partial charge in [-0.15, -0.1) is 10.2 Å². The van der Waals surface area contributed by atoms with Gasteiger partial charge in [-0.1, -0.05) is 62.4 Å². The number of anilines is 2. The second-order valence-electron chi connectivity index (χ2n) is 6.66. The zero-order valence-corrected chi connectivity index (χ0v) is 17.6. The van der Waals surface area contributed by atoms with Gasteiger partial charge < -0.3 is 10.6 Å². The molecule has 0 saturated carbocycles. The van der Waals surface area contributed by atoms with Crippen LogP contribution in [-0.2, 0) is 16.0 Å². The van der Waals surface area contributed by atoms with Crippen LogP contribution in [-0.4, -0.2) is 27.8 Å². The highest BCUT2D eigenvalue weighted by Gasteiger charge is 2.11. The summed E-state index contributed by atoms with van der Waals surface area (Å²) in [6.07, 6.45) is 3.85. The molecule has 0 aliphatic rings. The molecule has 1 aromatic carbocycles. The van der Waals surface area contributed by atoms with E-state index in [0.717, 1.165) is 12.1 Å². The summed E-state index contributed by atoms with van der Waals surface area (Å²) in [5.41, 5.74) is 2.07. The largest absolute Gasteiger partial charge is 0.325 e. The number of aryl methyl sites for hydroxylation is 1. The van der Waals surface area contributed by atoms with Gasteiger partial charge in [-0.2, -0.15) is 0 Å². The molecule has 0 unspecified atom stereocenters. The predicted octanol–water partition coefficient (Wildman–Crippen LogP) is 4.60. The predicted molar refractivity (Wildman–Crippen MR) is 112 cm³/mol. The van der Waals surface area contributed by atoms with E-state index in [4.69, 9.17) is 0 Å². The van der Waals surface area contributed by atoms with Crippen molar-refractivity contribution >= 4 is 45.7 Å². The molecule has 8 heteroatoms. The molecule has 2 aromatic rings. The van der Waals surface area contributed by atoms with Crippen molar-refractivity contribution in [2.75, 3.05) is 16.4 Å². The molecule has 0 radical (unpaired) electrons. The van der Waals surface area contributed by atoms with Gasteiger partial charge in [0.25, 0.3) is 0 Å². The smallest absolute Gasteiger partial charge is 0.234 e. The number of rotatable bonds is 10. The molecule has 6 nitrogen and oxygen atoms in total. The van der Waals surface area contributed by atoms with E-state index in [1.165, 1.54) is 41.5 Å². The molecular weight excluding hydrogens is 380 g/mol. The molecule has 0 spiro atoms. The maximum atomic E-state index is 12.1. The lowest BCUT2D eigenvalue weighted by Crippen LogP contribution is -2.13. The zero-order valence-electron chi connectivity index (χ0n) is 15.9. The van der Waals surface area contributed by atoms with Gasteiger partial charge in [0.1, 0.15) is 0 Å². The highest BCUT2D eigenvalue weighted by Crippen LogP contribution is 2.26. The Labute approximate surface area is 168 Å². The second kappa shape index (κ2) is 11.0. The Balaban J connectivity index is 1.76. The molecule has 2 rings (SSSR count). The molecule has 0 aliphatic heterocycles. The van der Waals surface area contributed by atoms with Crippen LogP contribution in [0.5, 0.6) is 0 Å². The fourth-order valence-corrected chi connectivity index (χ4v) is 3.89. The number of benzene rings is 1. The van der Waals surface area contributed by atoms with E-state index >= 15 is 0 Å². The zero-order chi connectivity index (χ0) is 19.6. The molecule has 2 amide bonds. The van der Waals surface area contributed by atoms with Crippen molar-refractivity contribution in [2.24, 2.45) is 5.92 Å². The number of hydrogen-bond acceptors (Lipinski definition) is 6. The van der Waals surface area contributed by atoms with Gasteiger partial charge in [-0.05, 0) is 36.5 Å². The van der Waals surface area contributed by atoms with Crippen LogP contribution in [0.1, 0.15) is 45.6 Å². The SMILES string of the molecule is CCCCc1ccc(NC(=O)CSc2nnc(NC(=O)CC(C)C)s2)cc1. The first-order valence-electron chi connectivity index (χ1n) is 9.11. The van der Waals surface area contributed by atoms with Gasteiger partial charge in [0.15, 0.2) is 4.34 Å². The normalized spacial score (nSPS) is 10.8. The third-order valence-electron chi connectivity index (χ3n) is 3.63. The molecular formula is C19H26N4O2S2. The van der Waals surface area contributed by atoms with Crippen LogP contribution >= 0.6 is 23.1 Å². The average Bonchev–Trinajstić information content (AvgIpc) is 3.06. The second-order valence-corrected chi connectivity index (χ2v) is 8.86. The summed E-state index contributed by atoms with van der Waals surface area (Å²) in [6.45, 7) is 6.14. The van der Waals surface area contributed by atoms with E-state index in [-0.39, 0.29) is 23.5 Å². The van der Waals surface area contributed by atoms with Crippen LogP contribution in [0, 0.1) is 5.92 Å². The van der Waals surface area contributed by atoms with Crippen LogP contribution in [0.15, 0.2) is 28.6 Å². The Morgan fingerprint density at radius 3 is 2.52 bits per heavy atom. The Morgan fingerprint density at radius 1 is 1.11 bits per heavy atom. The quantitative estimate of drug-likeness (QED) is 0.445. The number of nitrogens with zero attached hydrogens (tertiary/aromatic N) is 2. The third kappa shape index (κ3) is 8.09. The molecule has 2 N–H and O–H groups in total. The van der Waals surface area contributed by atoms with Crippen molar-refractivity contribution in [1.82, 2.24) is 10.2 Å². The van der Waals surface area contributed by atoms with Crippen LogP contribution in [0.25, 0.3) is 0 Å². The van der Waals surface area contributed by atoms with Gasteiger partial charge in [-0.25, -0.2) is 0 Å². The van der Waals surface area contributed by atoms with Crippen molar-refractivity contribution < 1.29 is 9.59 Å². The fourth-order valence-electron chi connectivity index (χ4n) is 2.32. The molecule has 0 bridgehead atoms. The van der Waals surface area contributed by atoms with Crippen molar-refractivity contribution in [1.29, 1.82) is 0 Å². The molecule has 0 fully saturated rings. The lowest BCUT2D eigenvalue weighted by Gasteiger charge is -2.06. The summed E-state index contributed by atoms with van der Waals surface area (Å²) >= 11 is 2.58. The van der Waals surface area contributed by atoms with Crippen molar-refractivity contribution in [3.05, 3.63) is 29.8 Å². The molecule has 27 heavy (non-hydrogen) atoms. The standard InChI is InChI=1S/C19H26N4O2S2/c1-4-5-6-14-7-9-15(10-8-14)20-17(25)12-26-19-23-22-18(27-19)21-16(24)11-13(2)3/h7-10,13H,4-6,11-12H2,1-3H3,(H,20,25)(H,21,22,24). The summed E-state index contributed by atoms with van der Waals surface area (Å²) in [5.74, 6) is 0.363. The molecule has 1 heterocycles. The monoisotopic (exact) mass is 406 g/mol. The van der Waals surface area contributed by atoms with Crippen molar-refractivity contribution in [2.45, 2.75) is 50.8 Å². The van der Waals surface area contributed by atoms with Gasteiger partial charge in [0, 0.05) is 12.1 Å². The maximum Gasteiger partial charge on any atom is 0.234 e. The number of aromatic nitrogens is 2. The first kappa shape index (κ1) is 21.4. The lowest BCUT2D eigenvalue weighted by atomic mass is 10.1. The van der Waals surface area contributed by atoms with E-state index in [0.29, 0.717) is 15.9 Å². The topological polar surface area (TPSA) is 84.0 Å². The number of nitrogens with one attached hydrogen (secondary N) is 2. The minimum atomic E-state index is -0.0955. The Kier molecular flexibility index (Phi) is 8.74. The van der Waals surface area contributed by atoms with Crippen LogP contribution in [0.4, 0.5) is 10.8 Å². The van der Waals surface area contributed by atoms with Gasteiger partial charge in [0.05, 0.1) is 5.75 Å². The first-order chi connectivity index (χ1) is 13.0. The molecule has 0 atom stereocenters.